The molecular weight excluding hydrogens is 406 g/mol. The molecule has 1 fully saturated rings. The van der Waals surface area contributed by atoms with Gasteiger partial charge >= 0.3 is 0 Å². The van der Waals surface area contributed by atoms with E-state index in [9.17, 15) is 9.59 Å². The maximum atomic E-state index is 13.5. The summed E-state index contributed by atoms with van der Waals surface area (Å²) in [6, 6.07) is 16.8. The Kier molecular flexibility index (Phi) is 5.65. The van der Waals surface area contributed by atoms with Crippen molar-refractivity contribution in [3.63, 3.8) is 0 Å². The second-order valence-electron chi connectivity index (χ2n) is 6.92. The third-order valence-corrected chi connectivity index (χ3v) is 6.37. The van der Waals surface area contributed by atoms with Gasteiger partial charge in [0.05, 0.1) is 18.2 Å². The predicted octanol–water partition coefficient (Wildman–Crippen LogP) is 4.48. The van der Waals surface area contributed by atoms with Crippen molar-refractivity contribution in [2.45, 2.75) is 19.4 Å². The quantitative estimate of drug-likeness (QED) is 0.673. The minimum atomic E-state index is -0.303. The average Bonchev–Trinajstić information content (AvgIpc) is 3.00. The molecule has 1 aliphatic rings. The predicted molar refractivity (Wildman–Crippen MR) is 115 cm³/mol. The monoisotopic (exact) mass is 425 g/mol. The molecule has 0 bridgehead atoms. The Labute approximate surface area is 178 Å². The van der Waals surface area contributed by atoms with E-state index in [1.807, 2.05) is 61.5 Å². The van der Waals surface area contributed by atoms with Gasteiger partial charge in [-0.3, -0.25) is 9.59 Å². The number of hydrogen-bond acceptors (Lipinski definition) is 4. The molecule has 0 unspecified atom stereocenters. The van der Waals surface area contributed by atoms with Crippen LogP contribution in [-0.2, 0) is 4.79 Å². The fourth-order valence-corrected chi connectivity index (χ4v) is 4.72. The van der Waals surface area contributed by atoms with E-state index in [4.69, 9.17) is 11.6 Å². The number of benzene rings is 2. The Hall–Kier alpha value is -2.70. The lowest BCUT2D eigenvalue weighted by Gasteiger charge is -2.29. The number of hydrogen-bond donors (Lipinski definition) is 1. The van der Waals surface area contributed by atoms with Gasteiger partial charge in [0.15, 0.2) is 0 Å². The van der Waals surface area contributed by atoms with Crippen LogP contribution in [0.2, 0.25) is 5.02 Å². The number of nitrogens with zero attached hydrogens (tertiary/aromatic N) is 2. The third kappa shape index (κ3) is 4.18. The zero-order chi connectivity index (χ0) is 20.4. The van der Waals surface area contributed by atoms with Gasteiger partial charge in [-0.2, -0.15) is 0 Å². The summed E-state index contributed by atoms with van der Waals surface area (Å²) >= 11 is 7.47. The second kappa shape index (κ2) is 8.35. The molecule has 2 amide bonds. The van der Waals surface area contributed by atoms with Crippen LogP contribution in [0.5, 0.6) is 0 Å². The van der Waals surface area contributed by atoms with E-state index in [1.165, 1.54) is 11.3 Å². The topological polar surface area (TPSA) is 62.3 Å². The van der Waals surface area contributed by atoms with Crippen LogP contribution in [-0.4, -0.2) is 34.8 Å². The standard InChI is InChI=1S/C22H20ClN3O2S/c1-14-20(29-21(25-14)16-8-5-9-17(23)12-16)22(28)26-11-10-24-19(27)13-18(26)15-6-3-2-4-7-15/h2-9,12,18H,10-11,13H2,1H3,(H,24,27)/t18-/m0/s1. The second-order valence-corrected chi connectivity index (χ2v) is 8.36. The number of carbonyl (C=O) groups is 2. The average molecular weight is 426 g/mol. The Balaban J connectivity index is 1.69. The van der Waals surface area contributed by atoms with Crippen LogP contribution in [0, 0.1) is 6.92 Å². The first-order valence-corrected chi connectivity index (χ1v) is 10.6. The number of rotatable bonds is 3. The third-order valence-electron chi connectivity index (χ3n) is 4.94. The molecule has 0 spiro atoms. The zero-order valence-electron chi connectivity index (χ0n) is 15.9. The molecule has 1 N–H and O–H groups in total. The lowest BCUT2D eigenvalue weighted by Crippen LogP contribution is -2.36. The fourth-order valence-electron chi connectivity index (χ4n) is 3.52. The highest BCUT2D eigenvalue weighted by molar-refractivity contribution is 7.17. The number of halogens is 1. The fraction of sp³-hybridized carbons (Fsp3) is 0.227. The first-order chi connectivity index (χ1) is 14.0. The number of nitrogens with one attached hydrogen (secondary N) is 1. The van der Waals surface area contributed by atoms with Crippen LogP contribution < -0.4 is 5.32 Å². The minimum Gasteiger partial charge on any atom is -0.354 e. The van der Waals surface area contributed by atoms with Crippen LogP contribution in [0.3, 0.4) is 0 Å². The van der Waals surface area contributed by atoms with Crippen molar-refractivity contribution in [2.75, 3.05) is 13.1 Å². The molecule has 1 atom stereocenters. The summed E-state index contributed by atoms with van der Waals surface area (Å²) < 4.78 is 0. The van der Waals surface area contributed by atoms with Crippen LogP contribution in [0.25, 0.3) is 10.6 Å². The van der Waals surface area contributed by atoms with Crippen LogP contribution in [0.15, 0.2) is 54.6 Å². The summed E-state index contributed by atoms with van der Waals surface area (Å²) in [5, 5.41) is 4.26. The van der Waals surface area contributed by atoms with Gasteiger partial charge in [-0.1, -0.05) is 54.1 Å². The summed E-state index contributed by atoms with van der Waals surface area (Å²) in [6.07, 6.45) is 0.245. The van der Waals surface area contributed by atoms with Gasteiger partial charge in [-0.25, -0.2) is 4.98 Å². The highest BCUT2D eigenvalue weighted by Crippen LogP contribution is 2.33. The van der Waals surface area contributed by atoms with Gasteiger partial charge < -0.3 is 10.2 Å². The SMILES string of the molecule is Cc1nc(-c2cccc(Cl)c2)sc1C(=O)N1CCNC(=O)C[C@H]1c1ccccc1. The molecule has 1 aromatic heterocycles. The van der Waals surface area contributed by atoms with Crippen molar-refractivity contribution in [3.05, 3.63) is 75.8 Å². The maximum Gasteiger partial charge on any atom is 0.266 e. The molecule has 1 aliphatic heterocycles. The van der Waals surface area contributed by atoms with Gasteiger partial charge in [0, 0.05) is 23.7 Å². The van der Waals surface area contributed by atoms with E-state index in [-0.39, 0.29) is 24.3 Å². The van der Waals surface area contributed by atoms with Gasteiger partial charge in [-0.15, -0.1) is 11.3 Å². The molecule has 148 valence electrons. The summed E-state index contributed by atoms with van der Waals surface area (Å²) in [7, 11) is 0. The van der Waals surface area contributed by atoms with Crippen molar-refractivity contribution in [1.29, 1.82) is 0 Å². The molecule has 2 heterocycles. The normalized spacial score (nSPS) is 17.0. The van der Waals surface area contributed by atoms with E-state index in [0.717, 1.165) is 16.1 Å². The Bertz CT molecular complexity index is 1050. The van der Waals surface area contributed by atoms with Crippen LogP contribution in [0.1, 0.15) is 33.4 Å². The molecule has 0 radical (unpaired) electrons. The van der Waals surface area contributed by atoms with E-state index in [2.05, 4.69) is 10.3 Å². The summed E-state index contributed by atoms with van der Waals surface area (Å²) in [6.45, 7) is 2.73. The molecule has 7 heteroatoms. The summed E-state index contributed by atoms with van der Waals surface area (Å²) in [5.41, 5.74) is 2.53. The van der Waals surface area contributed by atoms with Crippen LogP contribution in [0.4, 0.5) is 0 Å². The first-order valence-electron chi connectivity index (χ1n) is 9.39. The number of carbonyl (C=O) groups excluding carboxylic acids is 2. The van der Waals surface area contributed by atoms with Crippen molar-refractivity contribution in [1.82, 2.24) is 15.2 Å². The van der Waals surface area contributed by atoms with Crippen molar-refractivity contribution in [2.24, 2.45) is 0 Å². The van der Waals surface area contributed by atoms with Gasteiger partial charge in [0.25, 0.3) is 5.91 Å². The highest BCUT2D eigenvalue weighted by Gasteiger charge is 2.32. The van der Waals surface area contributed by atoms with Crippen molar-refractivity contribution >= 4 is 34.8 Å². The van der Waals surface area contributed by atoms with Gasteiger partial charge in [0.2, 0.25) is 5.91 Å². The number of aromatic nitrogens is 1. The van der Waals surface area contributed by atoms with Crippen molar-refractivity contribution < 1.29 is 9.59 Å². The van der Waals surface area contributed by atoms with Crippen molar-refractivity contribution in [3.8, 4) is 10.6 Å². The van der Waals surface area contributed by atoms with E-state index in [0.29, 0.717) is 28.7 Å². The zero-order valence-corrected chi connectivity index (χ0v) is 17.5. The van der Waals surface area contributed by atoms with Crippen LogP contribution >= 0.6 is 22.9 Å². The Morgan fingerprint density at radius 2 is 2.00 bits per heavy atom. The molecule has 1 saturated heterocycles. The molecule has 5 nitrogen and oxygen atoms in total. The summed E-state index contributed by atoms with van der Waals surface area (Å²) in [5.74, 6) is -0.145. The van der Waals surface area contributed by atoms with E-state index >= 15 is 0 Å². The number of amides is 2. The molecule has 2 aromatic carbocycles. The number of thiazole rings is 1. The largest absolute Gasteiger partial charge is 0.354 e. The lowest BCUT2D eigenvalue weighted by molar-refractivity contribution is -0.121. The van der Waals surface area contributed by atoms with E-state index < -0.39 is 0 Å². The van der Waals surface area contributed by atoms with Gasteiger partial charge in [0.1, 0.15) is 9.88 Å². The highest BCUT2D eigenvalue weighted by atomic mass is 35.5. The maximum absolute atomic E-state index is 13.5. The minimum absolute atomic E-state index is 0.0465. The smallest absolute Gasteiger partial charge is 0.266 e. The number of aryl methyl sites for hydroxylation is 1. The summed E-state index contributed by atoms with van der Waals surface area (Å²) in [4.78, 5) is 32.7. The molecule has 0 saturated carbocycles. The molecular formula is C22H20ClN3O2S. The Morgan fingerprint density at radius 1 is 1.21 bits per heavy atom. The van der Waals surface area contributed by atoms with E-state index in [1.54, 1.807) is 4.90 Å². The lowest BCUT2D eigenvalue weighted by atomic mass is 10.0. The molecule has 3 aromatic rings. The van der Waals surface area contributed by atoms with Gasteiger partial charge in [-0.05, 0) is 24.6 Å². The Morgan fingerprint density at radius 3 is 2.76 bits per heavy atom. The first kappa shape index (κ1) is 19.6. The molecule has 4 rings (SSSR count). The molecule has 29 heavy (non-hydrogen) atoms. The molecule has 0 aliphatic carbocycles.